The van der Waals surface area contributed by atoms with E-state index in [2.05, 4.69) is 10.3 Å². The van der Waals surface area contributed by atoms with E-state index < -0.39 is 23.2 Å². The summed E-state index contributed by atoms with van der Waals surface area (Å²) in [5.74, 6) is -0.816. The van der Waals surface area contributed by atoms with Gasteiger partial charge in [-0.15, -0.1) is 0 Å². The number of H-pyrrole nitrogens is 1. The molecule has 0 radical (unpaired) electrons. The average Bonchev–Trinajstić information content (AvgIpc) is 3.09. The SMILES string of the molecule is Cc1c(O)n(C(C)C(=O)NC2CC2)c(=O)[nH]c1=O. The predicted octanol–water partition coefficient (Wildman–Crippen LogP) is -0.610. The average molecular weight is 253 g/mol. The number of aromatic hydroxyl groups is 1. The molecule has 2 rings (SSSR count). The lowest BCUT2D eigenvalue weighted by atomic mass is 10.2. The number of nitrogens with zero attached hydrogens (tertiary/aromatic N) is 1. The van der Waals surface area contributed by atoms with E-state index >= 15 is 0 Å². The molecule has 1 unspecified atom stereocenters. The van der Waals surface area contributed by atoms with Gasteiger partial charge in [-0.25, -0.2) is 4.79 Å². The monoisotopic (exact) mass is 253 g/mol. The molecule has 7 nitrogen and oxygen atoms in total. The van der Waals surface area contributed by atoms with Crippen molar-refractivity contribution in [2.75, 3.05) is 0 Å². The van der Waals surface area contributed by atoms with Gasteiger partial charge in [0.05, 0.1) is 5.56 Å². The van der Waals surface area contributed by atoms with Gasteiger partial charge in [0.15, 0.2) is 0 Å². The van der Waals surface area contributed by atoms with E-state index in [1.165, 1.54) is 13.8 Å². The summed E-state index contributed by atoms with van der Waals surface area (Å²) in [6.45, 7) is 2.88. The minimum atomic E-state index is -0.867. The van der Waals surface area contributed by atoms with Gasteiger partial charge in [-0.05, 0) is 26.7 Å². The molecule has 18 heavy (non-hydrogen) atoms. The lowest BCUT2D eigenvalue weighted by molar-refractivity contribution is -0.124. The van der Waals surface area contributed by atoms with Crippen LogP contribution < -0.4 is 16.6 Å². The molecule has 0 saturated heterocycles. The van der Waals surface area contributed by atoms with E-state index in [0.717, 1.165) is 17.4 Å². The van der Waals surface area contributed by atoms with Gasteiger partial charge in [0, 0.05) is 6.04 Å². The Hall–Kier alpha value is -2.05. The zero-order valence-corrected chi connectivity index (χ0v) is 10.2. The molecular weight excluding hydrogens is 238 g/mol. The fourth-order valence-electron chi connectivity index (χ4n) is 1.66. The van der Waals surface area contributed by atoms with Crippen molar-refractivity contribution < 1.29 is 9.90 Å². The van der Waals surface area contributed by atoms with Crippen LogP contribution in [0.25, 0.3) is 0 Å². The largest absolute Gasteiger partial charge is 0.494 e. The van der Waals surface area contributed by atoms with Gasteiger partial charge in [0.1, 0.15) is 6.04 Å². The van der Waals surface area contributed by atoms with Crippen molar-refractivity contribution in [2.45, 2.75) is 38.8 Å². The summed E-state index contributed by atoms with van der Waals surface area (Å²) >= 11 is 0. The minimum absolute atomic E-state index is 0.0145. The molecule has 1 aliphatic carbocycles. The van der Waals surface area contributed by atoms with E-state index in [0.29, 0.717) is 0 Å². The van der Waals surface area contributed by atoms with E-state index in [4.69, 9.17) is 0 Å². The Morgan fingerprint density at radius 2 is 2.11 bits per heavy atom. The first kappa shape index (κ1) is 12.4. The molecule has 0 spiro atoms. The number of carbonyl (C=O) groups is 1. The van der Waals surface area contributed by atoms with Crippen LogP contribution in [0, 0.1) is 6.92 Å². The second-order valence-corrected chi connectivity index (χ2v) is 4.54. The van der Waals surface area contributed by atoms with Gasteiger partial charge < -0.3 is 10.4 Å². The molecule has 1 amide bonds. The number of aromatic nitrogens is 2. The molecule has 0 bridgehead atoms. The van der Waals surface area contributed by atoms with Crippen LogP contribution in [0.2, 0.25) is 0 Å². The lowest BCUT2D eigenvalue weighted by Crippen LogP contribution is -2.40. The van der Waals surface area contributed by atoms with Crippen LogP contribution in [0.4, 0.5) is 0 Å². The summed E-state index contributed by atoms with van der Waals surface area (Å²) in [6.07, 6.45) is 1.87. The number of rotatable bonds is 3. The number of amides is 1. The van der Waals surface area contributed by atoms with Crippen molar-refractivity contribution >= 4 is 5.91 Å². The number of aromatic amines is 1. The number of carbonyl (C=O) groups excluding carboxylic acids is 1. The van der Waals surface area contributed by atoms with E-state index in [-0.39, 0.29) is 17.5 Å². The summed E-state index contributed by atoms with van der Waals surface area (Å²) in [7, 11) is 0. The lowest BCUT2D eigenvalue weighted by Gasteiger charge is -2.16. The quantitative estimate of drug-likeness (QED) is 0.668. The Bertz CT molecular complexity index is 597. The van der Waals surface area contributed by atoms with E-state index in [1.807, 2.05) is 0 Å². The summed E-state index contributed by atoms with van der Waals surface area (Å²) in [5, 5.41) is 12.5. The highest BCUT2D eigenvalue weighted by molar-refractivity contribution is 5.80. The molecule has 7 heteroatoms. The van der Waals surface area contributed by atoms with Gasteiger partial charge in [-0.2, -0.15) is 0 Å². The summed E-state index contributed by atoms with van der Waals surface area (Å²) in [5.41, 5.74) is -1.43. The van der Waals surface area contributed by atoms with Gasteiger partial charge in [-0.1, -0.05) is 0 Å². The Morgan fingerprint density at radius 3 is 2.67 bits per heavy atom. The first-order valence-corrected chi connectivity index (χ1v) is 5.76. The van der Waals surface area contributed by atoms with Gasteiger partial charge in [0.2, 0.25) is 11.8 Å². The van der Waals surface area contributed by atoms with Crippen LogP contribution in [-0.4, -0.2) is 26.6 Å². The Labute approximate surface area is 102 Å². The number of nitrogens with one attached hydrogen (secondary N) is 2. The number of hydrogen-bond donors (Lipinski definition) is 3. The predicted molar refractivity (Wildman–Crippen MR) is 63.6 cm³/mol. The highest BCUT2D eigenvalue weighted by Crippen LogP contribution is 2.21. The molecule has 3 N–H and O–H groups in total. The Balaban J connectivity index is 2.37. The van der Waals surface area contributed by atoms with Crippen molar-refractivity contribution in [3.8, 4) is 5.88 Å². The number of hydrogen-bond acceptors (Lipinski definition) is 4. The molecule has 98 valence electrons. The Morgan fingerprint density at radius 1 is 1.50 bits per heavy atom. The third kappa shape index (κ3) is 2.15. The third-order valence-electron chi connectivity index (χ3n) is 3.03. The summed E-state index contributed by atoms with van der Waals surface area (Å²) < 4.78 is 0.883. The maximum absolute atomic E-state index is 11.8. The van der Waals surface area contributed by atoms with Gasteiger partial charge in [0.25, 0.3) is 5.56 Å². The maximum atomic E-state index is 11.8. The molecule has 1 fully saturated rings. The first-order chi connectivity index (χ1) is 8.41. The first-order valence-electron chi connectivity index (χ1n) is 5.76. The second kappa shape index (κ2) is 4.32. The van der Waals surface area contributed by atoms with Crippen molar-refractivity contribution in [3.63, 3.8) is 0 Å². The van der Waals surface area contributed by atoms with Crippen LogP contribution >= 0.6 is 0 Å². The fourth-order valence-corrected chi connectivity index (χ4v) is 1.66. The Kier molecular flexibility index (Phi) is 2.98. The molecule has 1 aliphatic rings. The standard InChI is InChI=1S/C11H15N3O4/c1-5-8(15)13-11(18)14(10(5)17)6(2)9(16)12-7-3-4-7/h6-7,17H,3-4H2,1-2H3,(H,12,16)(H,13,15,18). The van der Waals surface area contributed by atoms with E-state index in [9.17, 15) is 19.5 Å². The van der Waals surface area contributed by atoms with Crippen LogP contribution in [0.3, 0.4) is 0 Å². The molecule has 1 aromatic rings. The normalized spacial score (nSPS) is 16.3. The highest BCUT2D eigenvalue weighted by Gasteiger charge is 2.28. The molecular formula is C11H15N3O4. The maximum Gasteiger partial charge on any atom is 0.331 e. The van der Waals surface area contributed by atoms with Gasteiger partial charge >= 0.3 is 5.69 Å². The van der Waals surface area contributed by atoms with E-state index in [1.54, 1.807) is 0 Å². The molecule has 1 saturated carbocycles. The zero-order chi connectivity index (χ0) is 13.4. The molecule has 0 aromatic carbocycles. The van der Waals surface area contributed by atoms with Crippen molar-refractivity contribution in [3.05, 3.63) is 26.4 Å². The summed E-state index contributed by atoms with van der Waals surface area (Å²) in [4.78, 5) is 36.8. The van der Waals surface area contributed by atoms with Crippen molar-refractivity contribution in [1.29, 1.82) is 0 Å². The fraction of sp³-hybridized carbons (Fsp3) is 0.545. The second-order valence-electron chi connectivity index (χ2n) is 4.54. The molecule has 0 aliphatic heterocycles. The summed E-state index contributed by atoms with van der Waals surface area (Å²) in [6, 6.07) is -0.699. The van der Waals surface area contributed by atoms with Crippen LogP contribution in [0.15, 0.2) is 9.59 Å². The third-order valence-corrected chi connectivity index (χ3v) is 3.03. The highest BCUT2D eigenvalue weighted by atomic mass is 16.3. The van der Waals surface area contributed by atoms with Crippen LogP contribution in [0.5, 0.6) is 5.88 Å². The molecule has 1 atom stereocenters. The van der Waals surface area contributed by atoms with Crippen LogP contribution in [0.1, 0.15) is 31.4 Å². The topological polar surface area (TPSA) is 104 Å². The minimum Gasteiger partial charge on any atom is -0.494 e. The van der Waals surface area contributed by atoms with Crippen molar-refractivity contribution in [2.24, 2.45) is 0 Å². The van der Waals surface area contributed by atoms with Crippen LogP contribution in [-0.2, 0) is 4.79 Å². The smallest absolute Gasteiger partial charge is 0.331 e. The zero-order valence-electron chi connectivity index (χ0n) is 10.2. The van der Waals surface area contributed by atoms with Crippen molar-refractivity contribution in [1.82, 2.24) is 14.9 Å². The van der Waals surface area contributed by atoms with Gasteiger partial charge in [-0.3, -0.25) is 19.1 Å². The molecule has 1 aromatic heterocycles. The molecule has 1 heterocycles.